The summed E-state index contributed by atoms with van der Waals surface area (Å²) in [6.07, 6.45) is 7.95. The van der Waals surface area contributed by atoms with E-state index in [4.69, 9.17) is 5.73 Å². The fourth-order valence-corrected chi connectivity index (χ4v) is 7.59. The van der Waals surface area contributed by atoms with E-state index >= 15 is 0 Å². The zero-order valence-corrected chi connectivity index (χ0v) is 15.9. The van der Waals surface area contributed by atoms with E-state index in [1.807, 2.05) is 6.08 Å². The predicted molar refractivity (Wildman–Crippen MR) is 98.6 cm³/mol. The molecule has 4 heteroatoms. The summed E-state index contributed by atoms with van der Waals surface area (Å²) >= 11 is 0. The molecule has 0 radical (unpaired) electrons. The maximum Gasteiger partial charge on any atom is 0.243 e. The number of aliphatic hydroxyl groups is 1. The summed E-state index contributed by atoms with van der Waals surface area (Å²) in [5.41, 5.74) is 7.73. The molecule has 1 amide bonds. The van der Waals surface area contributed by atoms with Crippen molar-refractivity contribution in [2.24, 2.45) is 40.2 Å². The Morgan fingerprint density at radius 1 is 1.32 bits per heavy atom. The highest BCUT2D eigenvalue weighted by Crippen LogP contribution is 2.66. The molecule has 4 N–H and O–H groups in total. The zero-order chi connectivity index (χ0) is 18.0. The van der Waals surface area contributed by atoms with Crippen LogP contribution in [0.4, 0.5) is 0 Å². The molecule has 0 spiro atoms. The van der Waals surface area contributed by atoms with Crippen molar-refractivity contribution in [2.45, 2.75) is 71.4 Å². The van der Waals surface area contributed by atoms with Crippen molar-refractivity contribution in [3.63, 3.8) is 0 Å². The highest BCUT2D eigenvalue weighted by Gasteiger charge is 2.61. The Labute approximate surface area is 151 Å². The standard InChI is InChI=1S/C21H34N2O2/c1-12(22)15-6-7-16-14-5-4-13-10-18(25)23-9-8-20(13,2)19(14)17(24)11-21(15,16)3/h10,12,14-17,19,24H,4-9,11,22H2,1-3H3,(H,23,25)/t12-,14?,15?,16?,17+,19?,20+,21-/m1/s1. The van der Waals surface area contributed by atoms with Crippen LogP contribution in [0.25, 0.3) is 0 Å². The van der Waals surface area contributed by atoms with Crippen molar-refractivity contribution >= 4 is 5.91 Å². The molecule has 3 fully saturated rings. The first-order chi connectivity index (χ1) is 11.8. The minimum atomic E-state index is -0.285. The number of carbonyl (C=O) groups excluding carboxylic acids is 1. The highest BCUT2D eigenvalue weighted by atomic mass is 16.3. The summed E-state index contributed by atoms with van der Waals surface area (Å²) in [6, 6.07) is 0.202. The lowest BCUT2D eigenvalue weighted by Crippen LogP contribution is -2.57. The Morgan fingerprint density at radius 2 is 2.08 bits per heavy atom. The van der Waals surface area contributed by atoms with E-state index in [9.17, 15) is 9.90 Å². The molecule has 4 unspecified atom stereocenters. The Kier molecular flexibility index (Phi) is 4.08. The normalized spacial score (nSPS) is 50.7. The van der Waals surface area contributed by atoms with Crippen LogP contribution >= 0.6 is 0 Å². The molecule has 140 valence electrons. The lowest BCUT2D eigenvalue weighted by atomic mass is 9.46. The third-order valence-electron chi connectivity index (χ3n) is 8.62. The quantitative estimate of drug-likeness (QED) is 0.683. The van der Waals surface area contributed by atoms with Gasteiger partial charge in [-0.05, 0) is 80.0 Å². The molecule has 4 nitrogen and oxygen atoms in total. The van der Waals surface area contributed by atoms with Crippen molar-refractivity contribution in [1.29, 1.82) is 0 Å². The van der Waals surface area contributed by atoms with Crippen molar-refractivity contribution < 1.29 is 9.90 Å². The maximum absolute atomic E-state index is 12.0. The van der Waals surface area contributed by atoms with Crippen LogP contribution < -0.4 is 11.1 Å². The summed E-state index contributed by atoms with van der Waals surface area (Å²) in [7, 11) is 0. The largest absolute Gasteiger partial charge is 0.393 e. The van der Waals surface area contributed by atoms with Crippen LogP contribution in [0.3, 0.4) is 0 Å². The summed E-state index contributed by atoms with van der Waals surface area (Å²) in [6.45, 7) is 7.56. The fourth-order valence-electron chi connectivity index (χ4n) is 7.59. The van der Waals surface area contributed by atoms with Gasteiger partial charge in [0.25, 0.3) is 0 Å². The summed E-state index contributed by atoms with van der Waals surface area (Å²) in [4.78, 5) is 12.0. The van der Waals surface area contributed by atoms with Crippen LogP contribution in [0.15, 0.2) is 11.6 Å². The van der Waals surface area contributed by atoms with Gasteiger partial charge in [0, 0.05) is 18.7 Å². The van der Waals surface area contributed by atoms with Gasteiger partial charge in [-0.3, -0.25) is 4.79 Å². The molecule has 1 aliphatic heterocycles. The molecule has 0 aromatic carbocycles. The number of nitrogens with two attached hydrogens (primary N) is 1. The van der Waals surface area contributed by atoms with Gasteiger partial charge >= 0.3 is 0 Å². The van der Waals surface area contributed by atoms with Gasteiger partial charge in [0.15, 0.2) is 0 Å². The van der Waals surface area contributed by atoms with Gasteiger partial charge in [0.2, 0.25) is 5.91 Å². The maximum atomic E-state index is 12.0. The molecule has 3 aliphatic carbocycles. The highest BCUT2D eigenvalue weighted by molar-refractivity contribution is 5.88. The third-order valence-corrected chi connectivity index (χ3v) is 8.62. The second-order valence-electron chi connectivity index (χ2n) is 9.78. The molecule has 4 rings (SSSR count). The van der Waals surface area contributed by atoms with Crippen molar-refractivity contribution in [1.82, 2.24) is 5.32 Å². The molecule has 4 aliphatic rings. The first-order valence-electron chi connectivity index (χ1n) is 10.2. The Balaban J connectivity index is 1.71. The van der Waals surface area contributed by atoms with Crippen LogP contribution in [0.5, 0.6) is 0 Å². The van der Waals surface area contributed by atoms with E-state index in [2.05, 4.69) is 26.1 Å². The Bertz CT molecular complexity index is 601. The Hall–Kier alpha value is -0.870. The van der Waals surface area contributed by atoms with Crippen LogP contribution in [0.2, 0.25) is 0 Å². The number of fused-ring (bicyclic) bond motifs is 5. The molecule has 1 heterocycles. The smallest absolute Gasteiger partial charge is 0.243 e. The molecule has 3 saturated carbocycles. The number of rotatable bonds is 1. The summed E-state index contributed by atoms with van der Waals surface area (Å²) < 4.78 is 0. The number of nitrogens with one attached hydrogen (secondary N) is 1. The van der Waals surface area contributed by atoms with Gasteiger partial charge in [-0.1, -0.05) is 19.4 Å². The molecule has 8 atom stereocenters. The van der Waals surface area contributed by atoms with Gasteiger partial charge in [-0.2, -0.15) is 0 Å². The van der Waals surface area contributed by atoms with E-state index < -0.39 is 0 Å². The van der Waals surface area contributed by atoms with E-state index in [1.165, 1.54) is 18.4 Å². The number of allylic oxidation sites excluding steroid dienone is 1. The number of hydrogen-bond acceptors (Lipinski definition) is 3. The van der Waals surface area contributed by atoms with Gasteiger partial charge in [-0.15, -0.1) is 0 Å². The SMILES string of the molecule is C[C@@H](N)C1CCC2C3CCC4=CC(=O)NCC[C@]4(C)C3[C@@H](O)C[C@@]21C. The second-order valence-corrected chi connectivity index (χ2v) is 9.78. The van der Waals surface area contributed by atoms with E-state index in [-0.39, 0.29) is 34.8 Å². The zero-order valence-electron chi connectivity index (χ0n) is 15.9. The van der Waals surface area contributed by atoms with Crippen molar-refractivity contribution in [3.8, 4) is 0 Å². The van der Waals surface area contributed by atoms with Gasteiger partial charge in [0.05, 0.1) is 6.10 Å². The van der Waals surface area contributed by atoms with E-state index in [0.29, 0.717) is 17.8 Å². The number of amides is 1. The van der Waals surface area contributed by atoms with Crippen LogP contribution in [0, 0.1) is 34.5 Å². The average molecular weight is 347 g/mol. The second kappa shape index (κ2) is 5.82. The minimum Gasteiger partial charge on any atom is -0.393 e. The predicted octanol–water partition coefficient (Wildman–Crippen LogP) is 2.61. The molecular weight excluding hydrogens is 312 g/mol. The lowest BCUT2D eigenvalue weighted by Gasteiger charge is -2.59. The van der Waals surface area contributed by atoms with Gasteiger partial charge < -0.3 is 16.2 Å². The fraction of sp³-hybridized carbons (Fsp3) is 0.857. The molecule has 0 aromatic rings. The molecule has 25 heavy (non-hydrogen) atoms. The van der Waals surface area contributed by atoms with Crippen molar-refractivity contribution in [3.05, 3.63) is 11.6 Å². The first-order valence-corrected chi connectivity index (χ1v) is 10.2. The number of hydrogen-bond donors (Lipinski definition) is 3. The van der Waals surface area contributed by atoms with E-state index in [0.717, 1.165) is 32.2 Å². The number of aliphatic hydroxyl groups excluding tert-OH is 1. The van der Waals surface area contributed by atoms with Crippen molar-refractivity contribution in [2.75, 3.05) is 6.54 Å². The van der Waals surface area contributed by atoms with E-state index in [1.54, 1.807) is 0 Å². The van der Waals surface area contributed by atoms with Gasteiger partial charge in [-0.25, -0.2) is 0 Å². The summed E-state index contributed by atoms with van der Waals surface area (Å²) in [5.74, 6) is 2.08. The molecule has 0 aromatic heterocycles. The van der Waals surface area contributed by atoms with Crippen LogP contribution in [-0.2, 0) is 4.79 Å². The van der Waals surface area contributed by atoms with Gasteiger partial charge in [0.1, 0.15) is 0 Å². The topological polar surface area (TPSA) is 75.4 Å². The molecular formula is C21H34N2O2. The monoisotopic (exact) mass is 346 g/mol. The first kappa shape index (κ1) is 17.5. The Morgan fingerprint density at radius 3 is 2.80 bits per heavy atom. The average Bonchev–Trinajstić information content (AvgIpc) is 2.78. The lowest BCUT2D eigenvalue weighted by molar-refractivity contribution is -0.127. The third kappa shape index (κ3) is 2.43. The molecule has 0 bridgehead atoms. The summed E-state index contributed by atoms with van der Waals surface area (Å²) in [5, 5.41) is 14.3. The van der Waals surface area contributed by atoms with Crippen LogP contribution in [-0.4, -0.2) is 29.7 Å². The number of carbonyl (C=O) groups is 1. The minimum absolute atomic E-state index is 0.0464. The van der Waals surface area contributed by atoms with Crippen LogP contribution in [0.1, 0.15) is 59.3 Å². The molecule has 0 saturated heterocycles.